The summed E-state index contributed by atoms with van der Waals surface area (Å²) < 4.78 is 42.2. The van der Waals surface area contributed by atoms with Gasteiger partial charge in [-0.3, -0.25) is 9.59 Å². The molecule has 160 valence electrons. The lowest BCUT2D eigenvalue weighted by molar-refractivity contribution is -0.123. The van der Waals surface area contributed by atoms with Gasteiger partial charge in [-0.25, -0.2) is 0 Å². The molecule has 2 amide bonds. The second-order valence-corrected chi connectivity index (χ2v) is 6.57. The third-order valence-electron chi connectivity index (χ3n) is 4.21. The van der Waals surface area contributed by atoms with Crippen LogP contribution in [0.1, 0.15) is 10.4 Å². The number of carbonyl (C=O) groups excluding carboxylic acids is 2. The Kier molecular flexibility index (Phi) is 6.92. The number of hydrogen-bond donors (Lipinski definition) is 2. The molecule has 0 bridgehead atoms. The first-order valence-corrected chi connectivity index (χ1v) is 9.34. The summed E-state index contributed by atoms with van der Waals surface area (Å²) in [7, 11) is 0. The lowest BCUT2D eigenvalue weighted by Crippen LogP contribution is -2.33. The summed E-state index contributed by atoms with van der Waals surface area (Å²) in [5.41, 5.74) is 2.25. The third-order valence-corrected chi connectivity index (χ3v) is 4.21. The van der Waals surface area contributed by atoms with Crippen molar-refractivity contribution in [2.75, 3.05) is 18.5 Å². The number of anilines is 1. The number of ether oxygens (including phenoxy) is 1. The number of hydrogen-bond acceptors (Lipinski definition) is 3. The molecule has 0 saturated heterocycles. The zero-order valence-corrected chi connectivity index (χ0v) is 16.3. The van der Waals surface area contributed by atoms with E-state index in [1.165, 1.54) is 24.3 Å². The minimum absolute atomic E-state index is 0.0512. The summed E-state index contributed by atoms with van der Waals surface area (Å²) in [6.07, 6.45) is -4.48. The molecule has 2 N–H and O–H groups in total. The maximum absolute atomic E-state index is 12.2. The molecule has 31 heavy (non-hydrogen) atoms. The molecular weight excluding hydrogens is 409 g/mol. The average molecular weight is 428 g/mol. The number of halogens is 3. The van der Waals surface area contributed by atoms with Gasteiger partial charge in [-0.15, -0.1) is 0 Å². The standard InChI is InChI=1S/C23H19F3N2O3/c24-23(25,26)15-27-22(30)17-10-12-18(13-11-17)28-21(29)14-31-20-9-5-4-8-19(20)16-6-2-1-3-7-16/h1-13H,14-15H2,(H,27,30)(H,28,29). The van der Waals surface area contributed by atoms with Crippen molar-refractivity contribution < 1.29 is 27.5 Å². The molecule has 0 atom stereocenters. The number of benzene rings is 3. The van der Waals surface area contributed by atoms with Gasteiger partial charge in [0.2, 0.25) is 0 Å². The summed E-state index contributed by atoms with van der Waals surface area (Å²) in [6.45, 7) is -1.65. The van der Waals surface area contributed by atoms with E-state index in [1.54, 1.807) is 11.4 Å². The lowest BCUT2D eigenvalue weighted by Gasteiger charge is -2.12. The quantitative estimate of drug-likeness (QED) is 0.575. The zero-order valence-electron chi connectivity index (χ0n) is 16.3. The van der Waals surface area contributed by atoms with Crippen LogP contribution in [0, 0.1) is 0 Å². The van der Waals surface area contributed by atoms with Crippen LogP contribution in [0.15, 0.2) is 78.9 Å². The van der Waals surface area contributed by atoms with Crippen LogP contribution in [0.25, 0.3) is 11.1 Å². The van der Waals surface area contributed by atoms with Crippen LogP contribution in [0.3, 0.4) is 0 Å². The first-order chi connectivity index (χ1) is 14.8. The average Bonchev–Trinajstić information content (AvgIpc) is 2.77. The second kappa shape index (κ2) is 9.80. The largest absolute Gasteiger partial charge is 0.483 e. The van der Waals surface area contributed by atoms with E-state index in [0.717, 1.165) is 11.1 Å². The molecule has 0 aromatic heterocycles. The van der Waals surface area contributed by atoms with Crippen molar-refractivity contribution in [1.29, 1.82) is 0 Å². The predicted molar refractivity (Wildman–Crippen MR) is 111 cm³/mol. The Balaban J connectivity index is 1.56. The predicted octanol–water partition coefficient (Wildman–Crippen LogP) is 4.66. The molecule has 0 aliphatic heterocycles. The normalized spacial score (nSPS) is 10.9. The SMILES string of the molecule is O=C(COc1ccccc1-c1ccccc1)Nc1ccc(C(=O)NCC(F)(F)F)cc1. The number of alkyl halides is 3. The van der Waals surface area contributed by atoms with E-state index >= 15 is 0 Å². The number of carbonyl (C=O) groups is 2. The molecule has 3 aromatic rings. The smallest absolute Gasteiger partial charge is 0.405 e. The van der Waals surface area contributed by atoms with E-state index in [-0.39, 0.29) is 12.2 Å². The Bertz CT molecular complexity index is 1040. The molecular formula is C23H19F3N2O3. The summed E-state index contributed by atoms with van der Waals surface area (Å²) in [6, 6.07) is 22.5. The van der Waals surface area contributed by atoms with Crippen LogP contribution < -0.4 is 15.4 Å². The zero-order chi connectivity index (χ0) is 22.3. The lowest BCUT2D eigenvalue weighted by atomic mass is 10.1. The van der Waals surface area contributed by atoms with Crippen LogP contribution in [0.2, 0.25) is 0 Å². The summed E-state index contributed by atoms with van der Waals surface area (Å²) >= 11 is 0. The minimum Gasteiger partial charge on any atom is -0.483 e. The Labute approximate surface area is 176 Å². The number of para-hydroxylation sites is 1. The highest BCUT2D eigenvalue weighted by atomic mass is 19.4. The Morgan fingerprint density at radius 1 is 0.839 bits per heavy atom. The molecule has 0 spiro atoms. The van der Waals surface area contributed by atoms with Gasteiger partial charge < -0.3 is 15.4 Å². The van der Waals surface area contributed by atoms with E-state index in [4.69, 9.17) is 4.74 Å². The number of rotatable bonds is 7. The van der Waals surface area contributed by atoms with Crippen molar-refractivity contribution in [2.24, 2.45) is 0 Å². The molecule has 0 saturated carbocycles. The van der Waals surface area contributed by atoms with E-state index in [1.807, 2.05) is 48.5 Å². The van der Waals surface area contributed by atoms with E-state index in [2.05, 4.69) is 5.32 Å². The van der Waals surface area contributed by atoms with Gasteiger partial charge in [0, 0.05) is 16.8 Å². The summed E-state index contributed by atoms with van der Waals surface area (Å²) in [4.78, 5) is 23.9. The van der Waals surface area contributed by atoms with Crippen molar-refractivity contribution in [3.05, 3.63) is 84.4 Å². The van der Waals surface area contributed by atoms with Crippen molar-refractivity contribution in [3.63, 3.8) is 0 Å². The fraction of sp³-hybridized carbons (Fsp3) is 0.130. The molecule has 8 heteroatoms. The molecule has 0 radical (unpaired) electrons. The first-order valence-electron chi connectivity index (χ1n) is 9.34. The fourth-order valence-corrected chi connectivity index (χ4v) is 2.78. The number of nitrogens with one attached hydrogen (secondary N) is 2. The Morgan fingerprint density at radius 2 is 1.48 bits per heavy atom. The highest BCUT2D eigenvalue weighted by Gasteiger charge is 2.27. The molecule has 0 fully saturated rings. The highest BCUT2D eigenvalue weighted by Crippen LogP contribution is 2.29. The van der Waals surface area contributed by atoms with Gasteiger partial charge in [0.1, 0.15) is 12.3 Å². The maximum atomic E-state index is 12.2. The van der Waals surface area contributed by atoms with Gasteiger partial charge in [-0.1, -0.05) is 48.5 Å². The maximum Gasteiger partial charge on any atom is 0.405 e. The summed E-state index contributed by atoms with van der Waals surface area (Å²) in [5.74, 6) is -0.714. The van der Waals surface area contributed by atoms with Crippen molar-refractivity contribution in [2.45, 2.75) is 6.18 Å². The van der Waals surface area contributed by atoms with Crippen LogP contribution in [-0.2, 0) is 4.79 Å². The topological polar surface area (TPSA) is 67.4 Å². The molecule has 0 heterocycles. The van der Waals surface area contributed by atoms with Gasteiger partial charge in [-0.05, 0) is 35.9 Å². The Hall–Kier alpha value is -3.81. The molecule has 3 rings (SSSR count). The molecule has 0 aliphatic carbocycles. The van der Waals surface area contributed by atoms with Crippen molar-refractivity contribution in [1.82, 2.24) is 5.32 Å². The molecule has 5 nitrogen and oxygen atoms in total. The molecule has 0 aliphatic rings. The Morgan fingerprint density at radius 3 is 2.16 bits per heavy atom. The summed E-state index contributed by atoms with van der Waals surface area (Å²) in [5, 5.41) is 4.40. The first kappa shape index (κ1) is 21.9. The van der Waals surface area contributed by atoms with Crippen LogP contribution in [-0.4, -0.2) is 31.1 Å². The van der Waals surface area contributed by atoms with Gasteiger partial charge in [-0.2, -0.15) is 13.2 Å². The van der Waals surface area contributed by atoms with E-state index < -0.39 is 24.5 Å². The van der Waals surface area contributed by atoms with Crippen LogP contribution in [0.5, 0.6) is 5.75 Å². The van der Waals surface area contributed by atoms with Crippen LogP contribution in [0.4, 0.5) is 18.9 Å². The van der Waals surface area contributed by atoms with Crippen LogP contribution >= 0.6 is 0 Å². The second-order valence-electron chi connectivity index (χ2n) is 6.57. The third kappa shape index (κ3) is 6.60. The molecule has 0 unspecified atom stereocenters. The van der Waals surface area contributed by atoms with Gasteiger partial charge in [0.15, 0.2) is 6.61 Å². The number of amides is 2. The van der Waals surface area contributed by atoms with Crippen molar-refractivity contribution >= 4 is 17.5 Å². The van der Waals surface area contributed by atoms with Gasteiger partial charge in [0.05, 0.1) is 0 Å². The monoisotopic (exact) mass is 428 g/mol. The van der Waals surface area contributed by atoms with Gasteiger partial charge in [0.25, 0.3) is 11.8 Å². The minimum atomic E-state index is -4.48. The van der Waals surface area contributed by atoms with Crippen molar-refractivity contribution in [3.8, 4) is 16.9 Å². The highest BCUT2D eigenvalue weighted by molar-refractivity contribution is 5.96. The fourth-order valence-electron chi connectivity index (χ4n) is 2.78. The van der Waals surface area contributed by atoms with Gasteiger partial charge >= 0.3 is 6.18 Å². The van der Waals surface area contributed by atoms with E-state index in [0.29, 0.717) is 11.4 Å². The van der Waals surface area contributed by atoms with E-state index in [9.17, 15) is 22.8 Å². The molecule has 3 aromatic carbocycles.